The zero-order valence-electron chi connectivity index (χ0n) is 11.1. The van der Waals surface area contributed by atoms with Gasteiger partial charge in [-0.1, -0.05) is 23.9 Å². The molecule has 0 bridgehead atoms. The Hall–Kier alpha value is -2.35. The summed E-state index contributed by atoms with van der Waals surface area (Å²) in [7, 11) is 0. The number of hydrogen-bond acceptors (Lipinski definition) is 6. The molecule has 110 valence electrons. The van der Waals surface area contributed by atoms with E-state index in [-0.39, 0.29) is 17.3 Å². The van der Waals surface area contributed by atoms with Gasteiger partial charge in [-0.2, -0.15) is 5.10 Å². The van der Waals surface area contributed by atoms with Crippen LogP contribution in [0.4, 0.5) is 0 Å². The van der Waals surface area contributed by atoms with Gasteiger partial charge in [-0.3, -0.25) is 9.59 Å². The molecule has 1 aromatic rings. The highest BCUT2D eigenvalue weighted by atomic mass is 32.2. The first-order valence-corrected chi connectivity index (χ1v) is 6.95. The molecule has 1 heterocycles. The summed E-state index contributed by atoms with van der Waals surface area (Å²) in [5, 5.41) is 28.2. The number of phenolic OH excluding ortho intramolecular Hbond substituents is 1. The topological polar surface area (TPSA) is 111 Å². The number of hydrogen-bond donors (Lipinski definition) is 3. The van der Waals surface area contributed by atoms with Crippen LogP contribution in [-0.2, 0) is 9.59 Å². The number of phenols is 1. The highest BCUT2D eigenvalue weighted by Gasteiger charge is 2.32. The van der Waals surface area contributed by atoms with Gasteiger partial charge in [0.25, 0.3) is 0 Å². The van der Waals surface area contributed by atoms with Crippen LogP contribution >= 0.6 is 11.8 Å². The van der Waals surface area contributed by atoms with Crippen LogP contribution < -0.4 is 5.32 Å². The van der Waals surface area contributed by atoms with Crippen molar-refractivity contribution >= 4 is 34.5 Å². The van der Waals surface area contributed by atoms with Gasteiger partial charge in [0.2, 0.25) is 5.91 Å². The largest absolute Gasteiger partial charge is 0.507 e. The van der Waals surface area contributed by atoms with Crippen molar-refractivity contribution in [2.45, 2.75) is 18.6 Å². The molecule has 1 aliphatic heterocycles. The average molecular weight is 307 g/mol. The minimum absolute atomic E-state index is 0.0887. The van der Waals surface area contributed by atoms with E-state index in [2.05, 4.69) is 15.5 Å². The van der Waals surface area contributed by atoms with Gasteiger partial charge < -0.3 is 15.5 Å². The van der Waals surface area contributed by atoms with Gasteiger partial charge >= 0.3 is 5.97 Å². The molecule has 1 aromatic carbocycles. The molecule has 2 rings (SSSR count). The molecule has 0 unspecified atom stereocenters. The number of amides is 1. The van der Waals surface area contributed by atoms with Gasteiger partial charge in [0.1, 0.15) is 11.0 Å². The fourth-order valence-electron chi connectivity index (χ4n) is 1.70. The molecule has 0 spiro atoms. The van der Waals surface area contributed by atoms with Gasteiger partial charge in [-0.15, -0.1) is 5.10 Å². The molecular formula is C13H13N3O4S. The first-order valence-electron chi connectivity index (χ1n) is 6.07. The number of carbonyl (C=O) groups is 2. The zero-order chi connectivity index (χ0) is 15.4. The van der Waals surface area contributed by atoms with E-state index >= 15 is 0 Å². The number of aromatic hydroxyl groups is 1. The van der Waals surface area contributed by atoms with Crippen molar-refractivity contribution in [2.75, 3.05) is 0 Å². The molecule has 7 nitrogen and oxygen atoms in total. The summed E-state index contributed by atoms with van der Waals surface area (Å²) >= 11 is 1.03. The Morgan fingerprint density at radius 3 is 2.81 bits per heavy atom. The summed E-state index contributed by atoms with van der Waals surface area (Å²) < 4.78 is 0. The van der Waals surface area contributed by atoms with E-state index in [1.807, 2.05) is 0 Å². The number of aliphatic carboxylic acids is 1. The second-order valence-corrected chi connectivity index (χ2v) is 5.49. The van der Waals surface area contributed by atoms with Gasteiger partial charge in [-0.25, -0.2) is 0 Å². The molecule has 8 heteroatoms. The Morgan fingerprint density at radius 2 is 2.14 bits per heavy atom. The molecule has 1 aliphatic rings. The maximum absolute atomic E-state index is 11.5. The number of carboxylic acid groups (broad SMARTS) is 1. The molecule has 21 heavy (non-hydrogen) atoms. The lowest BCUT2D eigenvalue weighted by molar-refractivity contribution is -0.138. The van der Waals surface area contributed by atoms with E-state index in [1.54, 1.807) is 25.1 Å². The predicted molar refractivity (Wildman–Crippen MR) is 79.5 cm³/mol. The maximum Gasteiger partial charge on any atom is 0.305 e. The first kappa shape index (κ1) is 15.0. The lowest BCUT2D eigenvalue weighted by atomic mass is 10.1. The second-order valence-electron chi connectivity index (χ2n) is 4.30. The third-order valence-corrected chi connectivity index (χ3v) is 3.79. The van der Waals surface area contributed by atoms with Gasteiger partial charge in [0, 0.05) is 5.56 Å². The second kappa shape index (κ2) is 6.40. The Labute approximate surface area is 124 Å². The number of carboxylic acids is 1. The van der Waals surface area contributed by atoms with Crippen LogP contribution in [0.15, 0.2) is 34.5 Å². The fourth-order valence-corrected chi connectivity index (χ4v) is 2.61. The number of nitrogens with one attached hydrogen (secondary N) is 1. The number of nitrogens with zero attached hydrogens (tertiary/aromatic N) is 2. The van der Waals surface area contributed by atoms with Crippen LogP contribution in [0, 0.1) is 0 Å². The smallest absolute Gasteiger partial charge is 0.305 e. The van der Waals surface area contributed by atoms with Gasteiger partial charge in [0.15, 0.2) is 5.17 Å². The van der Waals surface area contributed by atoms with E-state index in [0.29, 0.717) is 11.3 Å². The molecule has 1 saturated heterocycles. The summed E-state index contributed by atoms with van der Waals surface area (Å²) in [6.45, 7) is 1.68. The van der Waals surface area contributed by atoms with Crippen LogP contribution in [0.3, 0.4) is 0 Å². The minimum atomic E-state index is -1.04. The summed E-state index contributed by atoms with van der Waals surface area (Å²) in [5.41, 5.74) is 1.02. The SMILES string of the molecule is C/C(=N/N=C1/NC(=O)[C@H](CC(=O)O)S1)c1ccccc1O. The van der Waals surface area contributed by atoms with Crippen molar-refractivity contribution in [1.82, 2.24) is 5.32 Å². The number of amidine groups is 1. The average Bonchev–Trinajstić information content (AvgIpc) is 2.76. The van der Waals surface area contributed by atoms with Crippen molar-refractivity contribution in [2.24, 2.45) is 10.2 Å². The third kappa shape index (κ3) is 3.82. The van der Waals surface area contributed by atoms with Crippen molar-refractivity contribution in [3.8, 4) is 5.75 Å². The molecule has 0 aliphatic carbocycles. The highest BCUT2D eigenvalue weighted by molar-refractivity contribution is 8.15. The van der Waals surface area contributed by atoms with E-state index in [9.17, 15) is 14.7 Å². The standard InChI is InChI=1S/C13H13N3O4S/c1-7(8-4-2-3-5-9(8)17)15-16-13-14-12(20)10(21-13)6-11(18)19/h2-5,10,17H,6H2,1H3,(H,18,19)(H,14,16,20)/b15-7-/t10-/m0/s1. The molecule has 0 aromatic heterocycles. The van der Waals surface area contributed by atoms with Crippen LogP contribution in [0.5, 0.6) is 5.75 Å². The van der Waals surface area contributed by atoms with Crippen molar-refractivity contribution < 1.29 is 19.8 Å². The number of para-hydroxylation sites is 1. The summed E-state index contributed by atoms with van der Waals surface area (Å²) in [6.07, 6.45) is -0.266. The van der Waals surface area contributed by atoms with Crippen LogP contribution in [0.2, 0.25) is 0 Å². The van der Waals surface area contributed by atoms with Gasteiger partial charge in [-0.05, 0) is 19.1 Å². The first-order chi connectivity index (χ1) is 9.97. The molecule has 0 saturated carbocycles. The van der Waals surface area contributed by atoms with Gasteiger partial charge in [0.05, 0.1) is 12.1 Å². The quantitative estimate of drug-likeness (QED) is 0.571. The van der Waals surface area contributed by atoms with Crippen LogP contribution in [-0.4, -0.2) is 38.2 Å². The minimum Gasteiger partial charge on any atom is -0.507 e. The molecular weight excluding hydrogens is 294 g/mol. The third-order valence-electron chi connectivity index (χ3n) is 2.72. The zero-order valence-corrected chi connectivity index (χ0v) is 11.9. The Morgan fingerprint density at radius 1 is 1.43 bits per heavy atom. The normalized spacial score (nSPS) is 20.6. The molecule has 1 atom stereocenters. The lowest BCUT2D eigenvalue weighted by Gasteiger charge is -2.01. The van der Waals surface area contributed by atoms with E-state index < -0.39 is 17.1 Å². The number of benzene rings is 1. The number of rotatable bonds is 4. The summed E-state index contributed by atoms with van der Waals surface area (Å²) in [5.74, 6) is -1.35. The molecule has 0 radical (unpaired) electrons. The Balaban J connectivity index is 2.11. The molecule has 1 amide bonds. The number of carbonyl (C=O) groups excluding carboxylic acids is 1. The molecule has 1 fully saturated rings. The summed E-state index contributed by atoms with van der Waals surface area (Å²) in [6, 6.07) is 6.69. The summed E-state index contributed by atoms with van der Waals surface area (Å²) in [4.78, 5) is 22.1. The Kier molecular flexibility index (Phi) is 4.59. The highest BCUT2D eigenvalue weighted by Crippen LogP contribution is 2.23. The van der Waals surface area contributed by atoms with Crippen LogP contribution in [0.25, 0.3) is 0 Å². The van der Waals surface area contributed by atoms with Crippen molar-refractivity contribution in [3.05, 3.63) is 29.8 Å². The van der Waals surface area contributed by atoms with Crippen LogP contribution in [0.1, 0.15) is 18.9 Å². The fraction of sp³-hybridized carbons (Fsp3) is 0.231. The Bertz CT molecular complexity index is 642. The van der Waals surface area contributed by atoms with E-state index in [4.69, 9.17) is 5.11 Å². The van der Waals surface area contributed by atoms with Crippen molar-refractivity contribution in [3.63, 3.8) is 0 Å². The van der Waals surface area contributed by atoms with E-state index in [0.717, 1.165) is 11.8 Å². The maximum atomic E-state index is 11.5. The lowest BCUT2D eigenvalue weighted by Crippen LogP contribution is -2.26. The molecule has 3 N–H and O–H groups in total. The predicted octanol–water partition coefficient (Wildman–Crippen LogP) is 1.18. The van der Waals surface area contributed by atoms with Crippen molar-refractivity contribution in [1.29, 1.82) is 0 Å². The number of thioether (sulfide) groups is 1. The van der Waals surface area contributed by atoms with E-state index in [1.165, 1.54) is 6.07 Å². The monoisotopic (exact) mass is 307 g/mol.